The minimum absolute atomic E-state index is 0.0918. The lowest BCUT2D eigenvalue weighted by Gasteiger charge is -2.09. The highest BCUT2D eigenvalue weighted by atomic mass is 16.7. The van der Waals surface area contributed by atoms with Crippen molar-refractivity contribution in [2.75, 3.05) is 0 Å². The first-order valence-corrected chi connectivity index (χ1v) is 4.71. The number of carbonyl (C=O) groups excluding carboxylic acids is 3. The van der Waals surface area contributed by atoms with Gasteiger partial charge in [0.25, 0.3) is 11.8 Å². The molecule has 0 aromatic rings. The average molecular weight is 209 g/mol. The summed E-state index contributed by atoms with van der Waals surface area (Å²) in [6, 6.07) is 0. The van der Waals surface area contributed by atoms with Crippen LogP contribution in [0.4, 0.5) is 0 Å². The molecule has 0 bridgehead atoms. The fourth-order valence-electron chi connectivity index (χ4n) is 1.02. The lowest BCUT2D eigenvalue weighted by Crippen LogP contribution is -2.31. The van der Waals surface area contributed by atoms with Crippen molar-refractivity contribution in [3.8, 4) is 11.8 Å². The Bertz CT molecular complexity index is 334. The summed E-state index contributed by atoms with van der Waals surface area (Å²) in [7, 11) is 0. The number of hydrogen-bond acceptors (Lipinski definition) is 4. The molecule has 0 aromatic heterocycles. The largest absolute Gasteiger partial charge is 0.409 e. The van der Waals surface area contributed by atoms with E-state index in [-0.39, 0.29) is 12.8 Å². The number of hydroxylamine groups is 2. The third-order valence-electron chi connectivity index (χ3n) is 1.75. The molecule has 1 aliphatic rings. The van der Waals surface area contributed by atoms with Crippen LogP contribution in [0.15, 0.2) is 0 Å². The lowest BCUT2D eigenvalue weighted by molar-refractivity contribution is -0.193. The number of hydrogen-bond donors (Lipinski definition) is 0. The zero-order valence-electron chi connectivity index (χ0n) is 8.41. The number of amides is 2. The fraction of sp³-hybridized carbons (Fsp3) is 0.500. The fourth-order valence-corrected chi connectivity index (χ4v) is 1.02. The van der Waals surface area contributed by atoms with Crippen LogP contribution >= 0.6 is 0 Å². The molecule has 0 spiro atoms. The molecule has 1 rings (SSSR count). The van der Waals surface area contributed by atoms with Crippen LogP contribution in [0.2, 0.25) is 0 Å². The molecule has 0 aromatic carbocycles. The minimum atomic E-state index is -0.868. The summed E-state index contributed by atoms with van der Waals surface area (Å²) < 4.78 is 0. The average Bonchev–Trinajstić information content (AvgIpc) is 2.50. The topological polar surface area (TPSA) is 63.7 Å². The van der Waals surface area contributed by atoms with Crippen LogP contribution in [0.3, 0.4) is 0 Å². The minimum Gasteiger partial charge on any atom is -0.318 e. The summed E-state index contributed by atoms with van der Waals surface area (Å²) >= 11 is 0. The summed E-state index contributed by atoms with van der Waals surface area (Å²) in [4.78, 5) is 37.6. The second-order valence-electron chi connectivity index (χ2n) is 3.01. The maximum atomic E-state index is 11.0. The monoisotopic (exact) mass is 209 g/mol. The van der Waals surface area contributed by atoms with Gasteiger partial charge in [-0.3, -0.25) is 9.59 Å². The molecule has 1 heterocycles. The van der Waals surface area contributed by atoms with Crippen LogP contribution in [0.5, 0.6) is 0 Å². The summed E-state index contributed by atoms with van der Waals surface area (Å²) in [6.07, 6.45) is 1.60. The smallest absolute Gasteiger partial charge is 0.318 e. The Balaban J connectivity index is 2.48. The molecule has 5 nitrogen and oxygen atoms in total. The van der Waals surface area contributed by atoms with E-state index >= 15 is 0 Å². The molecule has 1 saturated heterocycles. The van der Waals surface area contributed by atoms with E-state index in [0.717, 1.165) is 6.42 Å². The molecule has 1 fully saturated rings. The number of nitrogens with zero attached hydrogens (tertiary/aromatic N) is 1. The quantitative estimate of drug-likeness (QED) is 0.487. The van der Waals surface area contributed by atoms with Crippen molar-refractivity contribution in [1.82, 2.24) is 5.06 Å². The Kier molecular flexibility index (Phi) is 3.86. The third kappa shape index (κ3) is 3.09. The molecular formula is C10H11NO4. The van der Waals surface area contributed by atoms with Gasteiger partial charge in [-0.05, 0) is 6.42 Å². The second kappa shape index (κ2) is 5.15. The van der Waals surface area contributed by atoms with E-state index in [2.05, 4.69) is 16.7 Å². The zero-order chi connectivity index (χ0) is 11.3. The Morgan fingerprint density at radius 1 is 1.40 bits per heavy atom. The number of unbranched alkanes of at least 4 members (excludes halogenated alkanes) is 1. The molecule has 0 atom stereocenters. The third-order valence-corrected chi connectivity index (χ3v) is 1.75. The summed E-state index contributed by atoms with van der Waals surface area (Å²) in [6.45, 7) is 1.92. The molecule has 80 valence electrons. The molecular weight excluding hydrogens is 198 g/mol. The second-order valence-corrected chi connectivity index (χ2v) is 3.01. The summed E-state index contributed by atoms with van der Waals surface area (Å²) in [5.41, 5.74) is 0. The van der Waals surface area contributed by atoms with Gasteiger partial charge in [0.15, 0.2) is 0 Å². The van der Waals surface area contributed by atoms with E-state index in [1.165, 1.54) is 0 Å². The molecule has 0 unspecified atom stereocenters. The van der Waals surface area contributed by atoms with Crippen LogP contribution in [0.25, 0.3) is 0 Å². The van der Waals surface area contributed by atoms with Crippen molar-refractivity contribution >= 4 is 17.8 Å². The maximum absolute atomic E-state index is 11.0. The van der Waals surface area contributed by atoms with Crippen molar-refractivity contribution < 1.29 is 19.2 Å². The zero-order valence-corrected chi connectivity index (χ0v) is 8.41. The highest BCUT2D eigenvalue weighted by Gasteiger charge is 2.32. The van der Waals surface area contributed by atoms with Gasteiger partial charge in [0.1, 0.15) is 0 Å². The molecule has 0 N–H and O–H groups in total. The molecule has 2 amide bonds. The van der Waals surface area contributed by atoms with Crippen molar-refractivity contribution in [2.45, 2.75) is 32.6 Å². The Morgan fingerprint density at radius 3 is 2.53 bits per heavy atom. The first kappa shape index (κ1) is 11.2. The lowest BCUT2D eigenvalue weighted by atomic mass is 10.3. The number of rotatable bonds is 2. The summed E-state index contributed by atoms with van der Waals surface area (Å²) in [5, 5.41) is 0.489. The van der Waals surface area contributed by atoms with E-state index in [9.17, 15) is 14.4 Å². The predicted molar refractivity (Wildman–Crippen MR) is 49.9 cm³/mol. The number of carbonyl (C=O) groups is 3. The van der Waals surface area contributed by atoms with Crippen molar-refractivity contribution in [2.24, 2.45) is 0 Å². The summed E-state index contributed by atoms with van der Waals surface area (Å²) in [5.74, 6) is 2.90. The first-order chi connectivity index (χ1) is 7.15. The first-order valence-electron chi connectivity index (χ1n) is 4.71. The van der Waals surface area contributed by atoms with Gasteiger partial charge in [-0.2, -0.15) is 0 Å². The predicted octanol–water partition coefficient (Wildman–Crippen LogP) is 0.397. The van der Waals surface area contributed by atoms with Crippen molar-refractivity contribution in [1.29, 1.82) is 0 Å². The SMILES string of the molecule is CCCC#CC(=O)ON1C(=O)CCC1=O. The van der Waals surface area contributed by atoms with Gasteiger partial charge in [-0.25, -0.2) is 4.79 Å². The number of imide groups is 1. The Morgan fingerprint density at radius 2 is 2.00 bits per heavy atom. The molecule has 5 heteroatoms. The molecule has 0 aliphatic carbocycles. The highest BCUT2D eigenvalue weighted by Crippen LogP contribution is 2.11. The van der Waals surface area contributed by atoms with Crippen molar-refractivity contribution in [3.63, 3.8) is 0 Å². The van der Waals surface area contributed by atoms with Gasteiger partial charge in [-0.1, -0.05) is 12.8 Å². The normalized spacial score (nSPS) is 14.9. The van der Waals surface area contributed by atoms with Gasteiger partial charge < -0.3 is 4.84 Å². The van der Waals surface area contributed by atoms with Gasteiger partial charge in [-0.15, -0.1) is 5.06 Å². The van der Waals surface area contributed by atoms with Crippen LogP contribution in [0.1, 0.15) is 32.6 Å². The molecule has 0 radical (unpaired) electrons. The van der Waals surface area contributed by atoms with Crippen LogP contribution < -0.4 is 0 Å². The molecule has 1 aliphatic heterocycles. The van der Waals surface area contributed by atoms with E-state index in [4.69, 9.17) is 0 Å². The maximum Gasteiger partial charge on any atom is 0.409 e. The van der Waals surface area contributed by atoms with Gasteiger partial charge in [0.2, 0.25) is 0 Å². The highest BCUT2D eigenvalue weighted by molar-refractivity contribution is 6.02. The van der Waals surface area contributed by atoms with E-state index < -0.39 is 17.8 Å². The van der Waals surface area contributed by atoms with Gasteiger partial charge in [0.05, 0.1) is 0 Å². The van der Waals surface area contributed by atoms with Crippen LogP contribution in [0, 0.1) is 11.8 Å². The van der Waals surface area contributed by atoms with Gasteiger partial charge >= 0.3 is 5.97 Å². The molecule has 15 heavy (non-hydrogen) atoms. The van der Waals surface area contributed by atoms with Crippen LogP contribution in [-0.2, 0) is 19.2 Å². The van der Waals surface area contributed by atoms with Gasteiger partial charge in [0, 0.05) is 25.2 Å². The van der Waals surface area contributed by atoms with E-state index in [1.54, 1.807) is 0 Å². The van der Waals surface area contributed by atoms with E-state index in [0.29, 0.717) is 11.5 Å². The Hall–Kier alpha value is -1.83. The molecule has 0 saturated carbocycles. The Labute approximate surface area is 87.3 Å². The van der Waals surface area contributed by atoms with E-state index in [1.807, 2.05) is 6.92 Å². The van der Waals surface area contributed by atoms with Crippen LogP contribution in [-0.4, -0.2) is 22.8 Å². The van der Waals surface area contributed by atoms with Crippen molar-refractivity contribution in [3.05, 3.63) is 0 Å². The standard InChI is InChI=1S/C10H11NO4/c1-2-3-4-5-10(14)15-11-8(12)6-7-9(11)13/h2-3,6-7H2,1H3.